The SMILES string of the molecule is CC1CC(n2nnc3c2CN(CC(O)c2ccccc2F)CC3)C1. The third-order valence-electron chi connectivity index (χ3n) is 5.30. The number of β-amino-alcohol motifs (C(OH)–C–C–N with tert-alkyl or cyclic N) is 1. The third-order valence-corrected chi connectivity index (χ3v) is 5.30. The predicted octanol–water partition coefficient (Wildman–Crippen LogP) is 2.48. The summed E-state index contributed by atoms with van der Waals surface area (Å²) in [4.78, 5) is 2.17. The second-order valence-electron chi connectivity index (χ2n) is 7.18. The van der Waals surface area contributed by atoms with E-state index in [0.717, 1.165) is 44.0 Å². The number of aromatic nitrogens is 3. The normalized spacial score (nSPS) is 25.1. The van der Waals surface area contributed by atoms with Crippen LogP contribution in [0.15, 0.2) is 24.3 Å². The van der Waals surface area contributed by atoms with Gasteiger partial charge in [0.1, 0.15) is 5.82 Å². The van der Waals surface area contributed by atoms with Crippen molar-refractivity contribution in [3.63, 3.8) is 0 Å². The summed E-state index contributed by atoms with van der Waals surface area (Å²) in [6.07, 6.45) is 2.34. The van der Waals surface area contributed by atoms with Crippen LogP contribution in [0.1, 0.15) is 48.9 Å². The van der Waals surface area contributed by atoms with E-state index in [9.17, 15) is 9.50 Å². The number of aliphatic hydroxyl groups excluding tert-OH is 1. The Labute approximate surface area is 141 Å². The first-order valence-electron chi connectivity index (χ1n) is 8.69. The van der Waals surface area contributed by atoms with Gasteiger partial charge < -0.3 is 5.11 Å². The highest BCUT2D eigenvalue weighted by Gasteiger charge is 2.32. The summed E-state index contributed by atoms with van der Waals surface area (Å²) in [5.41, 5.74) is 2.60. The monoisotopic (exact) mass is 330 g/mol. The molecule has 0 bridgehead atoms. The molecule has 1 aromatic heterocycles. The lowest BCUT2D eigenvalue weighted by molar-refractivity contribution is 0.0984. The maximum Gasteiger partial charge on any atom is 0.129 e. The lowest BCUT2D eigenvalue weighted by Crippen LogP contribution is -2.36. The Hall–Kier alpha value is -1.79. The van der Waals surface area contributed by atoms with E-state index in [1.165, 1.54) is 11.8 Å². The van der Waals surface area contributed by atoms with E-state index in [4.69, 9.17) is 0 Å². The van der Waals surface area contributed by atoms with Gasteiger partial charge in [0, 0.05) is 31.6 Å². The molecule has 1 aliphatic carbocycles. The molecule has 0 saturated heterocycles. The van der Waals surface area contributed by atoms with Crippen LogP contribution in [0.2, 0.25) is 0 Å². The third kappa shape index (κ3) is 2.84. The van der Waals surface area contributed by atoms with Crippen molar-refractivity contribution in [2.75, 3.05) is 13.1 Å². The lowest BCUT2D eigenvalue weighted by atomic mass is 9.82. The highest BCUT2D eigenvalue weighted by atomic mass is 19.1. The average Bonchev–Trinajstić information content (AvgIpc) is 2.95. The highest BCUT2D eigenvalue weighted by molar-refractivity contribution is 5.21. The molecule has 1 saturated carbocycles. The minimum Gasteiger partial charge on any atom is -0.387 e. The van der Waals surface area contributed by atoms with Gasteiger partial charge in [-0.25, -0.2) is 9.07 Å². The quantitative estimate of drug-likeness (QED) is 0.936. The maximum absolute atomic E-state index is 13.8. The molecule has 5 nitrogen and oxygen atoms in total. The van der Waals surface area contributed by atoms with E-state index in [-0.39, 0.29) is 5.82 Å². The first kappa shape index (κ1) is 15.7. The van der Waals surface area contributed by atoms with Crippen molar-refractivity contribution in [1.82, 2.24) is 19.9 Å². The van der Waals surface area contributed by atoms with Crippen LogP contribution in [0.4, 0.5) is 4.39 Å². The van der Waals surface area contributed by atoms with Crippen molar-refractivity contribution < 1.29 is 9.50 Å². The summed E-state index contributed by atoms with van der Waals surface area (Å²) in [7, 11) is 0. The number of hydrogen-bond acceptors (Lipinski definition) is 4. The van der Waals surface area contributed by atoms with E-state index >= 15 is 0 Å². The second-order valence-corrected chi connectivity index (χ2v) is 7.18. The highest BCUT2D eigenvalue weighted by Crippen LogP contribution is 2.38. The van der Waals surface area contributed by atoms with Crippen molar-refractivity contribution in [3.8, 4) is 0 Å². The van der Waals surface area contributed by atoms with Gasteiger partial charge >= 0.3 is 0 Å². The number of aliphatic hydroxyl groups is 1. The Morgan fingerprint density at radius 2 is 2.12 bits per heavy atom. The first-order valence-corrected chi connectivity index (χ1v) is 8.69. The van der Waals surface area contributed by atoms with Crippen LogP contribution in [0.5, 0.6) is 0 Å². The molecule has 128 valence electrons. The van der Waals surface area contributed by atoms with Crippen molar-refractivity contribution >= 4 is 0 Å². The summed E-state index contributed by atoms with van der Waals surface area (Å²) in [5, 5.41) is 19.1. The fourth-order valence-corrected chi connectivity index (χ4v) is 3.86. The Kier molecular flexibility index (Phi) is 4.10. The smallest absolute Gasteiger partial charge is 0.129 e. The van der Waals surface area contributed by atoms with Crippen LogP contribution < -0.4 is 0 Å². The molecule has 2 heterocycles. The van der Waals surface area contributed by atoms with Gasteiger partial charge in [-0.1, -0.05) is 30.3 Å². The van der Waals surface area contributed by atoms with E-state index in [0.29, 0.717) is 18.2 Å². The molecule has 0 radical (unpaired) electrons. The molecule has 2 aromatic rings. The van der Waals surface area contributed by atoms with Gasteiger partial charge in [0.05, 0.1) is 23.5 Å². The van der Waals surface area contributed by atoms with Crippen LogP contribution in [-0.2, 0) is 13.0 Å². The van der Waals surface area contributed by atoms with Crippen molar-refractivity contribution in [2.45, 2.75) is 44.9 Å². The number of hydrogen-bond donors (Lipinski definition) is 1. The van der Waals surface area contributed by atoms with Gasteiger partial charge in [0.2, 0.25) is 0 Å². The molecular weight excluding hydrogens is 307 g/mol. The summed E-state index contributed by atoms with van der Waals surface area (Å²) >= 11 is 0. The topological polar surface area (TPSA) is 54.2 Å². The lowest BCUT2D eigenvalue weighted by Gasteiger charge is -2.35. The molecule has 6 heteroatoms. The number of fused-ring (bicyclic) bond motifs is 1. The zero-order valence-electron chi connectivity index (χ0n) is 13.9. The van der Waals surface area contributed by atoms with E-state index in [1.54, 1.807) is 18.2 Å². The van der Waals surface area contributed by atoms with E-state index < -0.39 is 6.10 Å². The average molecular weight is 330 g/mol. The van der Waals surface area contributed by atoms with Crippen LogP contribution in [0.3, 0.4) is 0 Å². The minimum atomic E-state index is -0.819. The molecule has 1 fully saturated rings. The van der Waals surface area contributed by atoms with E-state index in [1.807, 2.05) is 0 Å². The predicted molar refractivity (Wildman–Crippen MR) is 87.8 cm³/mol. The van der Waals surface area contributed by atoms with Gasteiger partial charge in [0.15, 0.2) is 0 Å². The Bertz CT molecular complexity index is 726. The number of benzene rings is 1. The molecule has 1 atom stereocenters. The van der Waals surface area contributed by atoms with Gasteiger partial charge in [-0.3, -0.25) is 4.90 Å². The summed E-state index contributed by atoms with van der Waals surface area (Å²) in [6.45, 7) is 4.22. The Morgan fingerprint density at radius 1 is 1.33 bits per heavy atom. The number of nitrogens with zero attached hydrogens (tertiary/aromatic N) is 4. The largest absolute Gasteiger partial charge is 0.387 e. The van der Waals surface area contributed by atoms with Gasteiger partial charge in [-0.2, -0.15) is 0 Å². The minimum absolute atomic E-state index is 0.349. The molecule has 1 unspecified atom stereocenters. The molecule has 1 N–H and O–H groups in total. The Morgan fingerprint density at radius 3 is 2.88 bits per heavy atom. The molecule has 0 spiro atoms. The van der Waals surface area contributed by atoms with Gasteiger partial charge in [-0.05, 0) is 24.8 Å². The molecule has 1 aliphatic heterocycles. The van der Waals surface area contributed by atoms with Crippen molar-refractivity contribution in [2.24, 2.45) is 5.92 Å². The zero-order valence-corrected chi connectivity index (χ0v) is 13.9. The molecule has 4 rings (SSSR count). The van der Waals surface area contributed by atoms with Crippen LogP contribution in [0.25, 0.3) is 0 Å². The van der Waals surface area contributed by atoms with Gasteiger partial charge in [0.25, 0.3) is 0 Å². The number of rotatable bonds is 4. The fourth-order valence-electron chi connectivity index (χ4n) is 3.86. The molecule has 1 aromatic carbocycles. The second kappa shape index (κ2) is 6.26. The van der Waals surface area contributed by atoms with Crippen molar-refractivity contribution in [3.05, 3.63) is 47.0 Å². The van der Waals surface area contributed by atoms with Crippen LogP contribution >= 0.6 is 0 Å². The van der Waals surface area contributed by atoms with Crippen molar-refractivity contribution in [1.29, 1.82) is 0 Å². The van der Waals surface area contributed by atoms with Gasteiger partial charge in [-0.15, -0.1) is 5.10 Å². The zero-order chi connectivity index (χ0) is 16.7. The number of halogens is 1. The first-order chi connectivity index (χ1) is 11.6. The standard InChI is InChI=1S/C18H23FN4O/c1-12-8-13(9-12)23-17-10-22(7-6-16(17)20-21-23)11-18(24)14-4-2-3-5-15(14)19/h2-5,12-13,18,24H,6-11H2,1H3. The van der Waals surface area contributed by atoms with Crippen LogP contribution in [0, 0.1) is 11.7 Å². The summed E-state index contributed by atoms with van der Waals surface area (Å²) in [6, 6.07) is 6.91. The van der Waals surface area contributed by atoms with E-state index in [2.05, 4.69) is 26.8 Å². The Balaban J connectivity index is 1.46. The van der Waals surface area contributed by atoms with Crippen LogP contribution in [-0.4, -0.2) is 38.1 Å². The summed E-state index contributed by atoms with van der Waals surface area (Å²) < 4.78 is 15.9. The fraction of sp³-hybridized carbons (Fsp3) is 0.556. The molecule has 0 amide bonds. The maximum atomic E-state index is 13.8. The molecule has 24 heavy (non-hydrogen) atoms. The molecular formula is C18H23FN4O. The molecule has 2 aliphatic rings. The summed E-state index contributed by atoms with van der Waals surface area (Å²) in [5.74, 6) is 0.412.